The topological polar surface area (TPSA) is 0 Å². The predicted octanol–water partition coefficient (Wildman–Crippen LogP) is 4.72. The summed E-state index contributed by atoms with van der Waals surface area (Å²) in [6, 6.07) is 4.47. The third-order valence-electron chi connectivity index (χ3n) is 2.32. The van der Waals surface area contributed by atoms with Crippen LogP contribution in [-0.2, 0) is 0 Å². The molecular weight excluding hydrogens is 244 g/mol. The van der Waals surface area contributed by atoms with Crippen LogP contribution >= 0.6 is 27.3 Å². The van der Waals surface area contributed by atoms with E-state index in [2.05, 4.69) is 48.8 Å². The van der Waals surface area contributed by atoms with Crippen molar-refractivity contribution in [3.63, 3.8) is 0 Å². The van der Waals surface area contributed by atoms with Gasteiger partial charge in [0, 0.05) is 20.5 Å². The van der Waals surface area contributed by atoms with E-state index in [-0.39, 0.29) is 0 Å². The van der Waals surface area contributed by atoms with E-state index in [1.165, 1.54) is 22.6 Å². The smallest absolute Gasteiger partial charge is 0.0219 e. The molecule has 1 rings (SSSR count). The zero-order chi connectivity index (χ0) is 9.84. The molecule has 0 saturated heterocycles. The Labute approximate surface area is 93.5 Å². The van der Waals surface area contributed by atoms with Gasteiger partial charge in [-0.3, -0.25) is 0 Å². The Bertz CT molecular complexity index is 254. The van der Waals surface area contributed by atoms with Crippen molar-refractivity contribution in [3.8, 4) is 0 Å². The molecule has 13 heavy (non-hydrogen) atoms. The Kier molecular flexibility index (Phi) is 4.47. The van der Waals surface area contributed by atoms with Crippen LogP contribution in [0.2, 0.25) is 0 Å². The fourth-order valence-electron chi connectivity index (χ4n) is 1.40. The third kappa shape index (κ3) is 3.10. The van der Waals surface area contributed by atoms with E-state index in [9.17, 15) is 0 Å². The van der Waals surface area contributed by atoms with Gasteiger partial charge in [0.05, 0.1) is 0 Å². The molecule has 0 aromatic carbocycles. The molecule has 74 valence electrons. The summed E-state index contributed by atoms with van der Waals surface area (Å²) in [4.78, 5) is 3.56. The lowest BCUT2D eigenvalue weighted by atomic mass is 10.0. The summed E-state index contributed by atoms with van der Waals surface area (Å²) in [5.41, 5.74) is 0. The highest BCUT2D eigenvalue weighted by Gasteiger charge is 2.16. The lowest BCUT2D eigenvalue weighted by Gasteiger charge is -2.15. The molecule has 0 radical (unpaired) electrons. The highest BCUT2D eigenvalue weighted by atomic mass is 79.9. The van der Waals surface area contributed by atoms with E-state index in [1.807, 2.05) is 11.3 Å². The van der Waals surface area contributed by atoms with E-state index in [1.54, 1.807) is 0 Å². The fourth-order valence-corrected chi connectivity index (χ4v) is 3.31. The minimum Gasteiger partial charge on any atom is -0.145 e. The molecule has 0 fully saturated rings. The highest BCUT2D eigenvalue weighted by molar-refractivity contribution is 9.09. The second-order valence-electron chi connectivity index (χ2n) is 3.54. The molecule has 2 heteroatoms. The highest BCUT2D eigenvalue weighted by Crippen LogP contribution is 2.32. The summed E-state index contributed by atoms with van der Waals surface area (Å²) in [6.45, 7) is 6.71. The van der Waals surface area contributed by atoms with Crippen LogP contribution in [-0.4, -0.2) is 4.83 Å². The van der Waals surface area contributed by atoms with E-state index < -0.39 is 0 Å². The molecule has 0 saturated carbocycles. The van der Waals surface area contributed by atoms with Gasteiger partial charge in [-0.25, -0.2) is 0 Å². The second-order valence-corrected chi connectivity index (χ2v) is 6.04. The van der Waals surface area contributed by atoms with Crippen molar-refractivity contribution in [2.75, 3.05) is 0 Å². The number of halogens is 1. The number of hydrogen-bond acceptors (Lipinski definition) is 1. The average Bonchev–Trinajstić information content (AvgIpc) is 2.51. The van der Waals surface area contributed by atoms with Crippen molar-refractivity contribution in [3.05, 3.63) is 21.9 Å². The van der Waals surface area contributed by atoms with Gasteiger partial charge in [0.25, 0.3) is 0 Å². The first kappa shape index (κ1) is 11.3. The molecule has 0 N–H and O–H groups in total. The molecule has 1 aromatic rings. The Morgan fingerprint density at radius 1 is 1.46 bits per heavy atom. The maximum absolute atomic E-state index is 3.76. The minimum atomic E-state index is 0.635. The lowest BCUT2D eigenvalue weighted by molar-refractivity contribution is 0.659. The van der Waals surface area contributed by atoms with Crippen LogP contribution in [0.25, 0.3) is 0 Å². The standard InChI is InChI=1S/C11H17BrS/c1-4-5-10(12)9(3)11-7-6-8(2)13-11/h6-7,9-10H,4-5H2,1-3H3. The molecule has 0 spiro atoms. The predicted molar refractivity (Wildman–Crippen MR) is 65.1 cm³/mol. The van der Waals surface area contributed by atoms with Crippen LogP contribution in [0.1, 0.15) is 42.4 Å². The summed E-state index contributed by atoms with van der Waals surface area (Å²) in [5, 5.41) is 0. The summed E-state index contributed by atoms with van der Waals surface area (Å²) in [5.74, 6) is 0.652. The van der Waals surface area contributed by atoms with Crippen LogP contribution in [0.5, 0.6) is 0 Å². The van der Waals surface area contributed by atoms with Gasteiger partial charge >= 0.3 is 0 Å². The lowest BCUT2D eigenvalue weighted by Crippen LogP contribution is -2.06. The Hall–Kier alpha value is 0.180. The average molecular weight is 261 g/mol. The van der Waals surface area contributed by atoms with Crippen molar-refractivity contribution in [2.45, 2.75) is 44.4 Å². The van der Waals surface area contributed by atoms with E-state index in [4.69, 9.17) is 0 Å². The van der Waals surface area contributed by atoms with Gasteiger partial charge in [-0.15, -0.1) is 11.3 Å². The molecule has 0 aliphatic heterocycles. The van der Waals surface area contributed by atoms with Gasteiger partial charge in [-0.05, 0) is 25.5 Å². The molecule has 0 aliphatic carbocycles. The fraction of sp³-hybridized carbons (Fsp3) is 0.636. The van der Waals surface area contributed by atoms with Crippen LogP contribution in [0.15, 0.2) is 12.1 Å². The number of aryl methyl sites for hydroxylation is 1. The zero-order valence-electron chi connectivity index (χ0n) is 8.51. The van der Waals surface area contributed by atoms with Crippen LogP contribution < -0.4 is 0 Å². The van der Waals surface area contributed by atoms with Gasteiger partial charge in [0.15, 0.2) is 0 Å². The van der Waals surface area contributed by atoms with E-state index >= 15 is 0 Å². The number of rotatable bonds is 4. The molecule has 1 heterocycles. The number of alkyl halides is 1. The molecule has 2 atom stereocenters. The molecule has 1 aromatic heterocycles. The molecule has 2 unspecified atom stereocenters. The van der Waals surface area contributed by atoms with Gasteiger partial charge in [0.1, 0.15) is 0 Å². The number of thiophene rings is 1. The Morgan fingerprint density at radius 3 is 2.62 bits per heavy atom. The van der Waals surface area contributed by atoms with Gasteiger partial charge < -0.3 is 0 Å². The van der Waals surface area contributed by atoms with Gasteiger partial charge in [0.2, 0.25) is 0 Å². The molecule has 0 nitrogen and oxygen atoms in total. The SMILES string of the molecule is CCCC(Br)C(C)c1ccc(C)s1. The molecule has 0 amide bonds. The van der Waals surface area contributed by atoms with Crippen molar-refractivity contribution >= 4 is 27.3 Å². The largest absolute Gasteiger partial charge is 0.145 e. The Morgan fingerprint density at radius 2 is 2.15 bits per heavy atom. The zero-order valence-corrected chi connectivity index (χ0v) is 10.9. The number of hydrogen-bond donors (Lipinski definition) is 0. The third-order valence-corrected chi connectivity index (χ3v) is 4.77. The first-order valence-electron chi connectivity index (χ1n) is 4.85. The van der Waals surface area contributed by atoms with E-state index in [0.29, 0.717) is 10.7 Å². The van der Waals surface area contributed by atoms with Crippen molar-refractivity contribution in [1.29, 1.82) is 0 Å². The molecule has 0 aliphatic rings. The van der Waals surface area contributed by atoms with Gasteiger partial charge in [-0.2, -0.15) is 0 Å². The minimum absolute atomic E-state index is 0.635. The maximum Gasteiger partial charge on any atom is 0.0219 e. The van der Waals surface area contributed by atoms with Crippen molar-refractivity contribution in [2.24, 2.45) is 0 Å². The van der Waals surface area contributed by atoms with Crippen LogP contribution in [0, 0.1) is 6.92 Å². The monoisotopic (exact) mass is 260 g/mol. The normalized spacial score (nSPS) is 15.7. The molecule has 0 bridgehead atoms. The summed E-state index contributed by atoms with van der Waals surface area (Å²) in [6.07, 6.45) is 2.52. The quantitative estimate of drug-likeness (QED) is 0.688. The summed E-state index contributed by atoms with van der Waals surface area (Å²) < 4.78 is 0. The van der Waals surface area contributed by atoms with Crippen molar-refractivity contribution in [1.82, 2.24) is 0 Å². The van der Waals surface area contributed by atoms with Crippen LogP contribution in [0.3, 0.4) is 0 Å². The first-order valence-corrected chi connectivity index (χ1v) is 6.58. The molecular formula is C11H17BrS. The summed E-state index contributed by atoms with van der Waals surface area (Å²) in [7, 11) is 0. The first-order chi connectivity index (χ1) is 6.15. The second kappa shape index (κ2) is 5.16. The Balaban J connectivity index is 2.61. The summed E-state index contributed by atoms with van der Waals surface area (Å²) >= 11 is 5.68. The van der Waals surface area contributed by atoms with Gasteiger partial charge in [-0.1, -0.05) is 36.2 Å². The van der Waals surface area contributed by atoms with E-state index in [0.717, 1.165) is 0 Å². The van der Waals surface area contributed by atoms with Crippen LogP contribution in [0.4, 0.5) is 0 Å². The van der Waals surface area contributed by atoms with Crippen molar-refractivity contribution < 1.29 is 0 Å². The maximum atomic E-state index is 3.76.